The first-order chi connectivity index (χ1) is 18.6. The lowest BCUT2D eigenvalue weighted by molar-refractivity contribution is -0.143. The molecule has 0 unspecified atom stereocenters. The van der Waals surface area contributed by atoms with Crippen LogP contribution >= 0.6 is 0 Å². The highest BCUT2D eigenvalue weighted by Crippen LogP contribution is 2.33. The number of carbonyl (C=O) groups excluding carboxylic acids is 1. The van der Waals surface area contributed by atoms with E-state index in [4.69, 9.17) is 4.74 Å². The topological polar surface area (TPSA) is 75.6 Å². The summed E-state index contributed by atoms with van der Waals surface area (Å²) in [6, 6.07) is 17.1. The summed E-state index contributed by atoms with van der Waals surface area (Å²) in [4.78, 5) is 25.6. The van der Waals surface area contributed by atoms with Crippen molar-refractivity contribution in [2.75, 3.05) is 6.61 Å². The minimum atomic E-state index is -0.984. The van der Waals surface area contributed by atoms with Crippen LogP contribution < -0.4 is 10.1 Å². The third kappa shape index (κ3) is 8.89. The van der Waals surface area contributed by atoms with Crippen molar-refractivity contribution in [3.63, 3.8) is 0 Å². The van der Waals surface area contributed by atoms with Crippen LogP contribution in [0.5, 0.6) is 5.75 Å². The molecule has 38 heavy (non-hydrogen) atoms. The molecule has 0 saturated heterocycles. The quantitative estimate of drug-likeness (QED) is 0.299. The fraction of sp³-hybridized carbons (Fsp3) is 0.576. The molecule has 2 aromatic carbocycles. The second-order valence-corrected chi connectivity index (χ2v) is 11.4. The smallest absolute Gasteiger partial charge is 0.326 e. The molecule has 2 aliphatic rings. The molecule has 2 saturated carbocycles. The first kappa shape index (κ1) is 28.2. The molecule has 0 heterocycles. The van der Waals surface area contributed by atoms with E-state index in [0.717, 1.165) is 62.9 Å². The largest absolute Gasteiger partial charge is 0.493 e. The van der Waals surface area contributed by atoms with Crippen molar-refractivity contribution in [2.24, 2.45) is 17.8 Å². The molecule has 0 radical (unpaired) electrons. The molecule has 2 N–H and O–H groups in total. The number of carboxylic acid groups (broad SMARTS) is 1. The van der Waals surface area contributed by atoms with Crippen LogP contribution in [0, 0.1) is 17.8 Å². The van der Waals surface area contributed by atoms with Crippen LogP contribution in [0.1, 0.15) is 88.2 Å². The third-order valence-electron chi connectivity index (χ3n) is 8.57. The molecule has 2 aromatic rings. The average molecular weight is 520 g/mol. The van der Waals surface area contributed by atoms with Gasteiger partial charge in [0, 0.05) is 12.3 Å². The lowest BCUT2D eigenvalue weighted by Crippen LogP contribution is -2.46. The molecule has 5 nitrogen and oxygen atoms in total. The van der Waals surface area contributed by atoms with Crippen LogP contribution in [0.25, 0.3) is 0 Å². The van der Waals surface area contributed by atoms with E-state index in [0.29, 0.717) is 11.8 Å². The number of benzene rings is 2. The first-order valence-electron chi connectivity index (χ1n) is 14.9. The number of aryl methyl sites for hydroxylation is 1. The van der Waals surface area contributed by atoms with E-state index in [2.05, 4.69) is 17.4 Å². The second-order valence-electron chi connectivity index (χ2n) is 11.4. The van der Waals surface area contributed by atoms with Gasteiger partial charge in [0.25, 0.3) is 0 Å². The maximum atomic E-state index is 13.5. The van der Waals surface area contributed by atoms with E-state index in [1.165, 1.54) is 44.1 Å². The molecule has 206 valence electrons. The Morgan fingerprint density at radius 2 is 1.50 bits per heavy atom. The van der Waals surface area contributed by atoms with Gasteiger partial charge in [-0.3, -0.25) is 4.79 Å². The Balaban J connectivity index is 1.32. The average Bonchev–Trinajstić information content (AvgIpc) is 2.96. The molecule has 0 aromatic heterocycles. The summed E-state index contributed by atoms with van der Waals surface area (Å²) in [5.74, 6) is 0.601. The number of ether oxygens (including phenoxy) is 1. The normalized spacial score (nSPS) is 18.4. The maximum absolute atomic E-state index is 13.5. The van der Waals surface area contributed by atoms with E-state index < -0.39 is 12.0 Å². The molecular weight excluding hydrogens is 474 g/mol. The Morgan fingerprint density at radius 3 is 2.16 bits per heavy atom. The fourth-order valence-electron chi connectivity index (χ4n) is 6.29. The molecule has 2 fully saturated rings. The standard InChI is InChI=1S/C33H45NO4/c35-32(30(28-16-8-3-9-17-28)18-10-15-25-11-4-1-5-12-25)34-31(33(36)37)23-26-19-21-29(22-20-26)38-24-27-13-6-2-7-14-27/h1,4-5,11-12,19-22,27-28,30-31H,2-3,6-10,13-18,23-24H2,(H,34,35)(H,36,37)/t30-,31+/m1/s1. The molecule has 4 rings (SSSR count). The lowest BCUT2D eigenvalue weighted by Gasteiger charge is -2.30. The SMILES string of the molecule is O=C(O)[C@H](Cc1ccc(OCC2CCCCC2)cc1)NC(=O)[C@H](CCCc1ccccc1)C1CCCCC1. The van der Waals surface area contributed by atoms with Crippen molar-refractivity contribution in [2.45, 2.75) is 95.9 Å². The van der Waals surface area contributed by atoms with Gasteiger partial charge in [0.15, 0.2) is 0 Å². The molecule has 0 bridgehead atoms. The Bertz CT molecular complexity index is 978. The van der Waals surface area contributed by atoms with Crippen LogP contribution in [0.2, 0.25) is 0 Å². The summed E-state index contributed by atoms with van der Waals surface area (Å²) in [6.07, 6.45) is 15.0. The van der Waals surface area contributed by atoms with Gasteiger partial charge in [0.1, 0.15) is 11.8 Å². The number of nitrogens with one attached hydrogen (secondary N) is 1. The lowest BCUT2D eigenvalue weighted by atomic mass is 9.77. The predicted molar refractivity (Wildman–Crippen MR) is 151 cm³/mol. The van der Waals surface area contributed by atoms with Gasteiger partial charge in [-0.15, -0.1) is 0 Å². The van der Waals surface area contributed by atoms with E-state index >= 15 is 0 Å². The number of carboxylic acids is 1. The molecule has 0 spiro atoms. The summed E-state index contributed by atoms with van der Waals surface area (Å²) in [7, 11) is 0. The zero-order valence-corrected chi connectivity index (χ0v) is 22.8. The van der Waals surface area contributed by atoms with Crippen molar-refractivity contribution >= 4 is 11.9 Å². The van der Waals surface area contributed by atoms with Crippen LogP contribution in [0.3, 0.4) is 0 Å². The van der Waals surface area contributed by atoms with Gasteiger partial charge < -0.3 is 15.2 Å². The number of rotatable bonds is 13. The van der Waals surface area contributed by atoms with Crippen LogP contribution in [0.4, 0.5) is 0 Å². The van der Waals surface area contributed by atoms with Crippen molar-refractivity contribution in [1.29, 1.82) is 0 Å². The number of hydrogen-bond donors (Lipinski definition) is 2. The minimum Gasteiger partial charge on any atom is -0.493 e. The van der Waals surface area contributed by atoms with Gasteiger partial charge in [-0.25, -0.2) is 4.79 Å². The van der Waals surface area contributed by atoms with Gasteiger partial charge in [-0.05, 0) is 80.0 Å². The van der Waals surface area contributed by atoms with Crippen molar-refractivity contribution < 1.29 is 19.4 Å². The molecule has 5 heteroatoms. The van der Waals surface area contributed by atoms with Gasteiger partial charge in [-0.1, -0.05) is 81.0 Å². The molecule has 2 aliphatic carbocycles. The van der Waals surface area contributed by atoms with E-state index in [-0.39, 0.29) is 18.2 Å². The summed E-state index contributed by atoms with van der Waals surface area (Å²) in [5, 5.41) is 12.9. The van der Waals surface area contributed by atoms with Crippen LogP contribution in [-0.4, -0.2) is 29.6 Å². The van der Waals surface area contributed by atoms with Crippen molar-refractivity contribution in [3.8, 4) is 5.75 Å². The van der Waals surface area contributed by atoms with Crippen molar-refractivity contribution in [1.82, 2.24) is 5.32 Å². The second kappa shape index (κ2) is 14.9. The third-order valence-corrected chi connectivity index (χ3v) is 8.57. The maximum Gasteiger partial charge on any atom is 0.326 e. The zero-order valence-electron chi connectivity index (χ0n) is 22.8. The molecule has 0 aliphatic heterocycles. The summed E-state index contributed by atoms with van der Waals surface area (Å²) in [5.41, 5.74) is 2.17. The van der Waals surface area contributed by atoms with Crippen LogP contribution in [0.15, 0.2) is 54.6 Å². The Hall–Kier alpha value is -2.82. The highest BCUT2D eigenvalue weighted by atomic mass is 16.5. The predicted octanol–water partition coefficient (Wildman–Crippen LogP) is 6.98. The van der Waals surface area contributed by atoms with Gasteiger partial charge in [0.05, 0.1) is 6.61 Å². The summed E-state index contributed by atoms with van der Waals surface area (Å²) < 4.78 is 6.00. The first-order valence-corrected chi connectivity index (χ1v) is 14.9. The number of aliphatic carboxylic acids is 1. The fourth-order valence-corrected chi connectivity index (χ4v) is 6.29. The monoisotopic (exact) mass is 519 g/mol. The number of carbonyl (C=O) groups is 2. The van der Waals surface area contributed by atoms with Crippen molar-refractivity contribution in [3.05, 3.63) is 65.7 Å². The summed E-state index contributed by atoms with van der Waals surface area (Å²) in [6.45, 7) is 0.750. The molecule has 1 amide bonds. The molecular formula is C33H45NO4. The van der Waals surface area contributed by atoms with E-state index in [1.54, 1.807) is 0 Å². The number of hydrogen-bond acceptors (Lipinski definition) is 3. The minimum absolute atomic E-state index is 0.0928. The summed E-state index contributed by atoms with van der Waals surface area (Å²) >= 11 is 0. The Labute approximate surface area is 228 Å². The van der Waals surface area contributed by atoms with Gasteiger partial charge >= 0.3 is 5.97 Å². The van der Waals surface area contributed by atoms with Gasteiger partial charge in [-0.2, -0.15) is 0 Å². The van der Waals surface area contributed by atoms with Crippen LogP contribution in [-0.2, 0) is 22.4 Å². The Morgan fingerprint density at radius 1 is 0.842 bits per heavy atom. The van der Waals surface area contributed by atoms with E-state index in [9.17, 15) is 14.7 Å². The Kier molecular flexibility index (Phi) is 11.1. The highest BCUT2D eigenvalue weighted by Gasteiger charge is 2.32. The number of amides is 1. The van der Waals surface area contributed by atoms with E-state index in [1.807, 2.05) is 42.5 Å². The van der Waals surface area contributed by atoms with Gasteiger partial charge in [0.2, 0.25) is 5.91 Å². The zero-order chi connectivity index (χ0) is 26.6. The molecule has 2 atom stereocenters. The highest BCUT2D eigenvalue weighted by molar-refractivity contribution is 5.85.